The number of aromatic nitrogens is 1. The number of rotatable bonds is 4. The molecule has 1 fully saturated rings. The van der Waals surface area contributed by atoms with Crippen LogP contribution in [0.3, 0.4) is 0 Å². The topological polar surface area (TPSA) is 74.9 Å². The third-order valence-corrected chi connectivity index (χ3v) is 2.70. The number of ether oxygens (including phenoxy) is 1. The van der Waals surface area contributed by atoms with Gasteiger partial charge in [-0.25, -0.2) is 9.37 Å². The lowest BCUT2D eigenvalue weighted by atomic mass is 9.95. The number of halogens is 1. The molecule has 0 radical (unpaired) electrons. The van der Waals surface area contributed by atoms with Gasteiger partial charge in [0.1, 0.15) is 11.3 Å². The zero-order valence-electron chi connectivity index (χ0n) is 9.14. The van der Waals surface area contributed by atoms with Crippen LogP contribution in [0.25, 0.3) is 0 Å². The SMILES string of the molecule is ON=Cc1nc(CCC2(O)COC2)ccc1F. The highest BCUT2D eigenvalue weighted by atomic mass is 19.1. The number of pyridine rings is 1. The Bertz CT molecular complexity index is 433. The molecule has 1 aliphatic rings. The van der Waals surface area contributed by atoms with Crippen LogP contribution in [0, 0.1) is 5.82 Å². The van der Waals surface area contributed by atoms with Crippen LogP contribution in [0.1, 0.15) is 17.8 Å². The second kappa shape index (κ2) is 4.77. The molecule has 0 aliphatic carbocycles. The number of hydrogen-bond acceptors (Lipinski definition) is 5. The highest BCUT2D eigenvalue weighted by Crippen LogP contribution is 2.22. The molecule has 0 saturated carbocycles. The molecule has 0 spiro atoms. The van der Waals surface area contributed by atoms with Crippen LogP contribution < -0.4 is 0 Å². The molecule has 17 heavy (non-hydrogen) atoms. The monoisotopic (exact) mass is 240 g/mol. The minimum atomic E-state index is -0.776. The predicted molar refractivity (Wildman–Crippen MR) is 57.7 cm³/mol. The van der Waals surface area contributed by atoms with E-state index < -0.39 is 11.4 Å². The highest BCUT2D eigenvalue weighted by molar-refractivity contribution is 5.76. The highest BCUT2D eigenvalue weighted by Gasteiger charge is 2.35. The fourth-order valence-corrected chi connectivity index (χ4v) is 1.63. The van der Waals surface area contributed by atoms with Gasteiger partial charge in [0, 0.05) is 5.69 Å². The Morgan fingerprint density at radius 2 is 2.29 bits per heavy atom. The van der Waals surface area contributed by atoms with Crippen LogP contribution in [-0.4, -0.2) is 40.3 Å². The summed E-state index contributed by atoms with van der Waals surface area (Å²) < 4.78 is 18.1. The van der Waals surface area contributed by atoms with E-state index in [2.05, 4.69) is 10.1 Å². The van der Waals surface area contributed by atoms with Crippen LogP contribution in [0.4, 0.5) is 4.39 Å². The van der Waals surface area contributed by atoms with Crippen molar-refractivity contribution < 1.29 is 19.4 Å². The molecule has 0 atom stereocenters. The maximum Gasteiger partial charge on any atom is 0.150 e. The summed E-state index contributed by atoms with van der Waals surface area (Å²) in [5.74, 6) is -0.544. The minimum Gasteiger partial charge on any atom is -0.411 e. The lowest BCUT2D eigenvalue weighted by Crippen LogP contribution is -2.49. The fourth-order valence-electron chi connectivity index (χ4n) is 1.63. The van der Waals surface area contributed by atoms with Crippen molar-refractivity contribution in [3.05, 3.63) is 29.3 Å². The van der Waals surface area contributed by atoms with Gasteiger partial charge in [-0.15, -0.1) is 0 Å². The van der Waals surface area contributed by atoms with Crippen molar-refractivity contribution in [1.29, 1.82) is 0 Å². The molecular weight excluding hydrogens is 227 g/mol. The quantitative estimate of drug-likeness (QED) is 0.462. The summed E-state index contributed by atoms with van der Waals surface area (Å²) in [5, 5.41) is 20.9. The van der Waals surface area contributed by atoms with E-state index in [0.717, 1.165) is 6.21 Å². The second-order valence-corrected chi connectivity index (χ2v) is 4.13. The smallest absolute Gasteiger partial charge is 0.150 e. The molecule has 1 aromatic rings. The summed E-state index contributed by atoms with van der Waals surface area (Å²) in [7, 11) is 0. The summed E-state index contributed by atoms with van der Waals surface area (Å²) in [6.45, 7) is 0.665. The number of nitrogens with zero attached hydrogens (tertiary/aromatic N) is 2. The Hall–Kier alpha value is -1.53. The average Bonchev–Trinajstić information content (AvgIpc) is 2.28. The van der Waals surface area contributed by atoms with Crippen LogP contribution in [0.2, 0.25) is 0 Å². The van der Waals surface area contributed by atoms with Crippen LogP contribution in [0.15, 0.2) is 17.3 Å². The van der Waals surface area contributed by atoms with Gasteiger partial charge in [0.05, 0.1) is 19.4 Å². The van der Waals surface area contributed by atoms with Crippen LogP contribution >= 0.6 is 0 Å². The van der Waals surface area contributed by atoms with Crippen LogP contribution in [-0.2, 0) is 11.2 Å². The van der Waals surface area contributed by atoms with E-state index in [9.17, 15) is 9.50 Å². The van der Waals surface area contributed by atoms with Crippen LogP contribution in [0.5, 0.6) is 0 Å². The Labute approximate surface area is 97.6 Å². The third kappa shape index (κ3) is 2.78. The normalized spacial score (nSPS) is 18.2. The predicted octanol–water partition coefficient (Wildman–Crippen LogP) is 0.723. The van der Waals surface area contributed by atoms with E-state index in [1.807, 2.05) is 0 Å². The first kappa shape index (κ1) is 11.9. The van der Waals surface area contributed by atoms with Crippen molar-refractivity contribution >= 4 is 6.21 Å². The molecular formula is C11H13FN2O3. The summed E-state index contributed by atoms with van der Waals surface area (Å²) >= 11 is 0. The molecule has 1 saturated heterocycles. The molecule has 0 bridgehead atoms. The van der Waals surface area contributed by atoms with E-state index in [0.29, 0.717) is 31.7 Å². The minimum absolute atomic E-state index is 0.0122. The van der Waals surface area contributed by atoms with Gasteiger partial charge in [-0.3, -0.25) is 0 Å². The Kier molecular flexibility index (Phi) is 3.35. The second-order valence-electron chi connectivity index (χ2n) is 4.13. The molecule has 2 heterocycles. The van der Waals surface area contributed by atoms with Crippen molar-refractivity contribution in [2.75, 3.05) is 13.2 Å². The molecule has 2 N–H and O–H groups in total. The lowest BCUT2D eigenvalue weighted by Gasteiger charge is -2.36. The molecule has 6 heteroatoms. The van der Waals surface area contributed by atoms with Gasteiger partial charge in [-0.05, 0) is 25.0 Å². The van der Waals surface area contributed by atoms with E-state index in [1.165, 1.54) is 6.07 Å². The first-order chi connectivity index (χ1) is 8.13. The maximum absolute atomic E-state index is 13.2. The Morgan fingerprint density at radius 3 is 2.88 bits per heavy atom. The number of hydrogen-bond donors (Lipinski definition) is 2. The summed E-state index contributed by atoms with van der Waals surface area (Å²) in [6, 6.07) is 2.81. The van der Waals surface area contributed by atoms with Crippen molar-refractivity contribution in [2.45, 2.75) is 18.4 Å². The number of aryl methyl sites for hydroxylation is 1. The molecule has 5 nitrogen and oxygen atoms in total. The van der Waals surface area contributed by atoms with Gasteiger partial charge in [0.15, 0.2) is 5.82 Å². The van der Waals surface area contributed by atoms with E-state index in [-0.39, 0.29) is 5.69 Å². The van der Waals surface area contributed by atoms with Crippen molar-refractivity contribution in [1.82, 2.24) is 4.98 Å². The maximum atomic E-state index is 13.2. The first-order valence-electron chi connectivity index (χ1n) is 5.26. The zero-order valence-corrected chi connectivity index (χ0v) is 9.14. The number of aliphatic hydroxyl groups is 1. The Balaban J connectivity index is 2.03. The zero-order chi connectivity index (χ0) is 12.3. The average molecular weight is 240 g/mol. The van der Waals surface area contributed by atoms with Gasteiger partial charge in [-0.2, -0.15) is 0 Å². The summed E-state index contributed by atoms with van der Waals surface area (Å²) in [6.07, 6.45) is 1.98. The molecule has 2 rings (SSSR count). The summed E-state index contributed by atoms with van der Waals surface area (Å²) in [4.78, 5) is 3.99. The number of oxime groups is 1. The van der Waals surface area contributed by atoms with Gasteiger partial charge < -0.3 is 15.1 Å². The van der Waals surface area contributed by atoms with E-state index >= 15 is 0 Å². The molecule has 92 valence electrons. The summed E-state index contributed by atoms with van der Waals surface area (Å²) in [5.41, 5.74) is -0.148. The molecule has 1 aromatic heterocycles. The van der Waals surface area contributed by atoms with E-state index in [4.69, 9.17) is 9.94 Å². The molecule has 1 aliphatic heterocycles. The van der Waals surface area contributed by atoms with Crippen molar-refractivity contribution in [2.24, 2.45) is 5.16 Å². The molecule has 0 amide bonds. The van der Waals surface area contributed by atoms with Gasteiger partial charge in [0.2, 0.25) is 0 Å². The van der Waals surface area contributed by atoms with Crippen molar-refractivity contribution in [3.8, 4) is 0 Å². The van der Waals surface area contributed by atoms with E-state index in [1.54, 1.807) is 6.07 Å². The standard InChI is InChI=1S/C11H13FN2O3/c12-9-2-1-8(14-10(9)5-13-16)3-4-11(15)6-17-7-11/h1-2,5,15-16H,3-4,6-7H2. The first-order valence-corrected chi connectivity index (χ1v) is 5.26. The Morgan fingerprint density at radius 1 is 1.53 bits per heavy atom. The van der Waals surface area contributed by atoms with Crippen molar-refractivity contribution in [3.63, 3.8) is 0 Å². The lowest BCUT2D eigenvalue weighted by molar-refractivity contribution is -0.180. The molecule has 0 aromatic carbocycles. The van der Waals surface area contributed by atoms with Gasteiger partial charge >= 0.3 is 0 Å². The third-order valence-electron chi connectivity index (χ3n) is 2.70. The fraction of sp³-hybridized carbons (Fsp3) is 0.455. The van der Waals surface area contributed by atoms with Gasteiger partial charge in [-0.1, -0.05) is 5.16 Å². The molecule has 0 unspecified atom stereocenters. The largest absolute Gasteiger partial charge is 0.411 e. The van der Waals surface area contributed by atoms with Gasteiger partial charge in [0.25, 0.3) is 0 Å².